The number of carbonyl (C=O) groups is 1. The normalized spacial score (nSPS) is 25.3. The molecule has 2 saturated carbocycles. The van der Waals surface area contributed by atoms with E-state index in [1.54, 1.807) is 23.4 Å². The van der Waals surface area contributed by atoms with Crippen molar-refractivity contribution in [2.24, 2.45) is 5.92 Å². The molecule has 1 unspecified atom stereocenters. The van der Waals surface area contributed by atoms with Gasteiger partial charge in [0.2, 0.25) is 0 Å². The molecule has 144 valence electrons. The van der Waals surface area contributed by atoms with Gasteiger partial charge in [-0.3, -0.25) is 4.79 Å². The first kappa shape index (κ1) is 19.1. The maximum absolute atomic E-state index is 12.9. The molecule has 3 aliphatic rings. The van der Waals surface area contributed by atoms with Gasteiger partial charge in [-0.2, -0.15) is 17.0 Å². The van der Waals surface area contributed by atoms with Crippen LogP contribution in [0.15, 0.2) is 0 Å². The molecule has 0 spiro atoms. The molecule has 0 bridgehead atoms. The molecule has 1 amide bonds. The maximum atomic E-state index is 12.9. The summed E-state index contributed by atoms with van der Waals surface area (Å²) in [5, 5.41) is 0. The highest BCUT2D eigenvalue weighted by molar-refractivity contribution is 7.86. The highest BCUT2D eigenvalue weighted by Crippen LogP contribution is 2.35. The topological polar surface area (TPSA) is 70.2 Å². The molecular formula is C17H31N3O4S. The molecule has 7 nitrogen and oxygen atoms in total. The van der Waals surface area contributed by atoms with E-state index in [0.717, 1.165) is 38.5 Å². The van der Waals surface area contributed by atoms with Crippen molar-refractivity contribution in [3.05, 3.63) is 0 Å². The van der Waals surface area contributed by atoms with Gasteiger partial charge in [-0.15, -0.1) is 0 Å². The van der Waals surface area contributed by atoms with E-state index in [4.69, 9.17) is 4.74 Å². The molecule has 0 N–H and O–H groups in total. The van der Waals surface area contributed by atoms with Crippen molar-refractivity contribution < 1.29 is 17.9 Å². The van der Waals surface area contributed by atoms with Crippen LogP contribution in [0.4, 0.5) is 0 Å². The minimum Gasteiger partial charge on any atom is -0.371 e. The van der Waals surface area contributed by atoms with Gasteiger partial charge in [-0.1, -0.05) is 19.3 Å². The number of ether oxygens (including phenoxy) is 1. The van der Waals surface area contributed by atoms with E-state index in [1.807, 2.05) is 0 Å². The van der Waals surface area contributed by atoms with Crippen molar-refractivity contribution in [3.63, 3.8) is 0 Å². The summed E-state index contributed by atoms with van der Waals surface area (Å²) in [6.45, 7) is 1.63. The largest absolute Gasteiger partial charge is 0.371 e. The molecule has 1 saturated heterocycles. The van der Waals surface area contributed by atoms with Crippen molar-refractivity contribution in [1.82, 2.24) is 13.5 Å². The summed E-state index contributed by atoms with van der Waals surface area (Å²) in [5.41, 5.74) is 0. The van der Waals surface area contributed by atoms with Crippen LogP contribution in [-0.4, -0.2) is 80.3 Å². The Balaban J connectivity index is 1.56. The molecule has 0 radical (unpaired) electrons. The van der Waals surface area contributed by atoms with Gasteiger partial charge in [0.15, 0.2) is 0 Å². The Kier molecular flexibility index (Phi) is 6.03. The lowest BCUT2D eigenvalue weighted by Gasteiger charge is -2.39. The fourth-order valence-corrected chi connectivity index (χ4v) is 5.60. The third kappa shape index (κ3) is 4.18. The summed E-state index contributed by atoms with van der Waals surface area (Å²) in [7, 11) is -0.154. The molecule has 1 atom stereocenters. The Hall–Kier alpha value is -0.700. The molecular weight excluding hydrogens is 342 g/mol. The van der Waals surface area contributed by atoms with Gasteiger partial charge < -0.3 is 9.64 Å². The zero-order valence-electron chi connectivity index (χ0n) is 15.4. The predicted molar refractivity (Wildman–Crippen MR) is 95.2 cm³/mol. The van der Waals surface area contributed by atoms with Gasteiger partial charge in [0.05, 0.1) is 0 Å². The Bertz CT molecular complexity index is 564. The van der Waals surface area contributed by atoms with Crippen LogP contribution in [0.1, 0.15) is 44.9 Å². The fraction of sp³-hybridized carbons (Fsp3) is 0.941. The lowest BCUT2D eigenvalue weighted by molar-refractivity contribution is -0.144. The van der Waals surface area contributed by atoms with Crippen LogP contribution in [0.3, 0.4) is 0 Å². The first-order chi connectivity index (χ1) is 11.9. The quantitative estimate of drug-likeness (QED) is 0.698. The number of methoxy groups -OCH3 is 1. The van der Waals surface area contributed by atoms with E-state index in [9.17, 15) is 13.2 Å². The molecule has 2 aliphatic carbocycles. The van der Waals surface area contributed by atoms with Crippen LogP contribution in [0.25, 0.3) is 0 Å². The highest BCUT2D eigenvalue weighted by atomic mass is 32.2. The summed E-state index contributed by atoms with van der Waals surface area (Å²) in [6.07, 6.45) is 7.05. The van der Waals surface area contributed by atoms with Crippen molar-refractivity contribution in [2.45, 2.75) is 57.1 Å². The summed E-state index contributed by atoms with van der Waals surface area (Å²) < 4.78 is 34.2. The lowest BCUT2D eigenvalue weighted by Crippen LogP contribution is -2.56. The molecule has 0 aromatic carbocycles. The highest BCUT2D eigenvalue weighted by Gasteiger charge is 2.41. The van der Waals surface area contributed by atoms with Crippen LogP contribution < -0.4 is 0 Å². The smallest absolute Gasteiger partial charge is 0.282 e. The van der Waals surface area contributed by atoms with Crippen molar-refractivity contribution in [1.29, 1.82) is 0 Å². The molecule has 8 heteroatoms. The maximum Gasteiger partial charge on any atom is 0.282 e. The van der Waals surface area contributed by atoms with E-state index in [-0.39, 0.29) is 18.1 Å². The van der Waals surface area contributed by atoms with Gasteiger partial charge >= 0.3 is 0 Å². The first-order valence-electron chi connectivity index (χ1n) is 9.50. The molecule has 3 fully saturated rings. The van der Waals surface area contributed by atoms with Crippen LogP contribution in [-0.2, 0) is 19.7 Å². The summed E-state index contributed by atoms with van der Waals surface area (Å²) in [6, 6.07) is 0.117. The van der Waals surface area contributed by atoms with Crippen molar-refractivity contribution >= 4 is 16.1 Å². The van der Waals surface area contributed by atoms with Crippen LogP contribution >= 0.6 is 0 Å². The zero-order chi connectivity index (χ0) is 18.0. The third-order valence-electron chi connectivity index (χ3n) is 5.88. The Labute approximate surface area is 151 Å². The van der Waals surface area contributed by atoms with Crippen molar-refractivity contribution in [3.8, 4) is 0 Å². The fourth-order valence-electron chi connectivity index (χ4n) is 4.03. The minimum atomic E-state index is -3.44. The summed E-state index contributed by atoms with van der Waals surface area (Å²) >= 11 is 0. The van der Waals surface area contributed by atoms with Gasteiger partial charge in [0.25, 0.3) is 16.1 Å². The van der Waals surface area contributed by atoms with E-state index >= 15 is 0 Å². The van der Waals surface area contributed by atoms with Crippen LogP contribution in [0.5, 0.6) is 0 Å². The second-order valence-electron chi connectivity index (χ2n) is 7.53. The number of hydrogen-bond acceptors (Lipinski definition) is 4. The number of amides is 1. The standard InChI is InChI=1S/C17H31N3O4S/c1-18(15-6-4-3-5-7-15)25(22,23)20-12-10-19(11-13-20)17(21)16(24-2)14-8-9-14/h14-16H,3-13H2,1-2H3. The third-order valence-corrected chi connectivity index (χ3v) is 7.92. The number of hydrogen-bond donors (Lipinski definition) is 0. The molecule has 0 aromatic heterocycles. The van der Waals surface area contributed by atoms with Crippen LogP contribution in [0, 0.1) is 5.92 Å². The predicted octanol–water partition coefficient (Wildman–Crippen LogP) is 1.06. The number of nitrogens with zero attached hydrogens (tertiary/aromatic N) is 3. The Morgan fingerprint density at radius 1 is 1.04 bits per heavy atom. The second-order valence-corrected chi connectivity index (χ2v) is 9.52. The van der Waals surface area contributed by atoms with Gasteiger partial charge in [0.1, 0.15) is 6.10 Å². The first-order valence-corrected chi connectivity index (χ1v) is 10.9. The van der Waals surface area contributed by atoms with Crippen LogP contribution in [0.2, 0.25) is 0 Å². The number of piperazine rings is 1. The zero-order valence-corrected chi connectivity index (χ0v) is 16.2. The molecule has 25 heavy (non-hydrogen) atoms. The lowest BCUT2D eigenvalue weighted by atomic mass is 9.96. The average molecular weight is 374 g/mol. The Morgan fingerprint density at radius 2 is 1.64 bits per heavy atom. The molecule has 0 aromatic rings. The van der Waals surface area contributed by atoms with E-state index in [2.05, 4.69) is 0 Å². The second kappa shape index (κ2) is 7.90. The van der Waals surface area contributed by atoms with Gasteiger partial charge in [-0.05, 0) is 31.6 Å². The van der Waals surface area contributed by atoms with Crippen molar-refractivity contribution in [2.75, 3.05) is 40.3 Å². The average Bonchev–Trinajstić information content (AvgIpc) is 3.47. The number of carbonyl (C=O) groups excluding carboxylic acids is 1. The molecule has 3 rings (SSSR count). The SMILES string of the molecule is COC(C(=O)N1CCN(S(=O)(=O)N(C)C2CCCCC2)CC1)C1CC1. The van der Waals surface area contributed by atoms with E-state index < -0.39 is 10.2 Å². The summed E-state index contributed by atoms with van der Waals surface area (Å²) in [4.78, 5) is 14.3. The Morgan fingerprint density at radius 3 is 2.16 bits per heavy atom. The number of rotatable bonds is 6. The monoisotopic (exact) mass is 373 g/mol. The summed E-state index contributed by atoms with van der Waals surface area (Å²) in [5.74, 6) is 0.361. The van der Waals surface area contributed by atoms with E-state index in [1.165, 1.54) is 10.7 Å². The van der Waals surface area contributed by atoms with Gasteiger partial charge in [0, 0.05) is 46.4 Å². The molecule has 1 heterocycles. The minimum absolute atomic E-state index is 0.0164. The van der Waals surface area contributed by atoms with Gasteiger partial charge in [-0.25, -0.2) is 0 Å². The van der Waals surface area contributed by atoms with E-state index in [0.29, 0.717) is 32.1 Å². The molecule has 1 aliphatic heterocycles.